The van der Waals surface area contributed by atoms with Gasteiger partial charge in [0, 0.05) is 0 Å². The van der Waals surface area contributed by atoms with E-state index in [0.717, 1.165) is 12.5 Å². The summed E-state index contributed by atoms with van der Waals surface area (Å²) in [5.41, 5.74) is -1.05. The molecular weight excluding hydrogens is 269 g/mol. The molecule has 0 saturated carbocycles. The molecule has 3 nitrogen and oxygen atoms in total. The predicted octanol–water partition coefficient (Wildman–Crippen LogP) is 2.91. The number of benzene rings is 1. The molecule has 6 heteroatoms. The van der Waals surface area contributed by atoms with Crippen molar-refractivity contribution in [2.45, 2.75) is 38.2 Å². The average Bonchev–Trinajstić information content (AvgIpc) is 2.67. The molecule has 2 rings (SSSR count). The van der Waals surface area contributed by atoms with Gasteiger partial charge >= 0.3 is 6.18 Å². The van der Waals surface area contributed by atoms with Crippen LogP contribution in [0.25, 0.3) is 0 Å². The standard InChI is InChI=1S/C14H17F3N2O/c1-10-13(2,14(15,16)17)19-12(18-10)9-20-8-11-6-4-3-5-7-11/h3-7,10H,8-9H2,1-2H3,(H,18,19). The van der Waals surface area contributed by atoms with Crippen LogP contribution in [0, 0.1) is 0 Å². The molecule has 0 aliphatic carbocycles. The largest absolute Gasteiger partial charge is 0.413 e. The van der Waals surface area contributed by atoms with Crippen LogP contribution >= 0.6 is 0 Å². The minimum Gasteiger partial charge on any atom is -0.369 e. The molecule has 1 aliphatic heterocycles. The van der Waals surface area contributed by atoms with E-state index < -0.39 is 17.8 Å². The molecule has 20 heavy (non-hydrogen) atoms. The first-order chi connectivity index (χ1) is 9.33. The van der Waals surface area contributed by atoms with Crippen LogP contribution in [0.3, 0.4) is 0 Å². The quantitative estimate of drug-likeness (QED) is 0.923. The number of nitrogens with one attached hydrogen (secondary N) is 1. The topological polar surface area (TPSA) is 33.6 Å². The summed E-state index contributed by atoms with van der Waals surface area (Å²) in [6, 6.07) is 8.58. The number of aliphatic imine (C=N–C) groups is 1. The Bertz CT molecular complexity index is 487. The molecule has 0 amide bonds. The van der Waals surface area contributed by atoms with E-state index in [-0.39, 0.29) is 12.4 Å². The molecule has 1 aromatic rings. The van der Waals surface area contributed by atoms with Crippen LogP contribution in [-0.2, 0) is 11.3 Å². The summed E-state index contributed by atoms with van der Waals surface area (Å²) >= 11 is 0. The van der Waals surface area contributed by atoms with E-state index in [4.69, 9.17) is 4.74 Å². The minimum absolute atomic E-state index is 0.0465. The number of ether oxygens (including phenoxy) is 1. The molecule has 0 radical (unpaired) electrons. The first-order valence-electron chi connectivity index (χ1n) is 6.36. The van der Waals surface area contributed by atoms with E-state index >= 15 is 0 Å². The van der Waals surface area contributed by atoms with E-state index in [9.17, 15) is 13.2 Å². The van der Waals surface area contributed by atoms with Crippen LogP contribution in [0.5, 0.6) is 0 Å². The minimum atomic E-state index is -4.35. The molecule has 1 N–H and O–H groups in total. The van der Waals surface area contributed by atoms with Crippen LogP contribution in [0.2, 0.25) is 0 Å². The highest BCUT2D eigenvalue weighted by Gasteiger charge is 2.57. The van der Waals surface area contributed by atoms with E-state index in [1.165, 1.54) is 6.92 Å². The number of rotatable bonds is 4. The molecule has 110 valence electrons. The lowest BCUT2D eigenvalue weighted by Crippen LogP contribution is -2.58. The molecular formula is C14H17F3N2O. The molecule has 1 aliphatic rings. The third kappa shape index (κ3) is 2.95. The Morgan fingerprint density at radius 1 is 1.25 bits per heavy atom. The monoisotopic (exact) mass is 286 g/mol. The molecule has 2 atom stereocenters. The first kappa shape index (κ1) is 14.8. The lowest BCUT2D eigenvalue weighted by Gasteiger charge is -2.31. The zero-order valence-electron chi connectivity index (χ0n) is 11.4. The normalized spacial score (nSPS) is 26.2. The Labute approximate surface area is 115 Å². The maximum Gasteiger partial charge on any atom is 0.413 e. The third-order valence-electron chi connectivity index (χ3n) is 3.53. The number of halogens is 3. The maximum absolute atomic E-state index is 13.0. The van der Waals surface area contributed by atoms with Crippen molar-refractivity contribution in [3.8, 4) is 0 Å². The lowest BCUT2D eigenvalue weighted by molar-refractivity contribution is -0.188. The molecule has 1 aromatic carbocycles. The molecule has 0 aromatic heterocycles. The van der Waals surface area contributed by atoms with Gasteiger partial charge in [-0.2, -0.15) is 13.2 Å². The van der Waals surface area contributed by atoms with Crippen molar-refractivity contribution in [3.63, 3.8) is 0 Å². The van der Waals surface area contributed by atoms with Crippen molar-refractivity contribution < 1.29 is 17.9 Å². The maximum atomic E-state index is 13.0. The highest BCUT2D eigenvalue weighted by molar-refractivity contribution is 5.86. The van der Waals surface area contributed by atoms with Gasteiger partial charge < -0.3 is 10.1 Å². The molecule has 0 spiro atoms. The number of hydrogen-bond donors (Lipinski definition) is 1. The lowest BCUT2D eigenvalue weighted by atomic mass is 9.95. The van der Waals surface area contributed by atoms with Gasteiger partial charge in [-0.1, -0.05) is 30.3 Å². The summed E-state index contributed by atoms with van der Waals surface area (Å²) in [5.74, 6) is 0.244. The first-order valence-corrected chi connectivity index (χ1v) is 6.36. The van der Waals surface area contributed by atoms with Gasteiger partial charge in [-0.05, 0) is 19.4 Å². The zero-order chi connectivity index (χ0) is 14.8. The summed E-state index contributed by atoms with van der Waals surface area (Å²) in [7, 11) is 0. The van der Waals surface area contributed by atoms with Crippen LogP contribution in [0.1, 0.15) is 19.4 Å². The van der Waals surface area contributed by atoms with Crippen LogP contribution in [0.15, 0.2) is 35.3 Å². The number of nitrogens with zero attached hydrogens (tertiary/aromatic N) is 1. The second kappa shape index (κ2) is 5.44. The van der Waals surface area contributed by atoms with E-state index in [0.29, 0.717) is 6.61 Å². The van der Waals surface area contributed by atoms with Gasteiger partial charge in [-0.15, -0.1) is 0 Å². The Kier molecular flexibility index (Phi) is 4.04. The number of amidine groups is 1. The fraction of sp³-hybridized carbons (Fsp3) is 0.500. The highest BCUT2D eigenvalue weighted by atomic mass is 19.4. The van der Waals surface area contributed by atoms with Gasteiger partial charge in [0.15, 0.2) is 5.54 Å². The molecule has 2 unspecified atom stereocenters. The van der Waals surface area contributed by atoms with Crippen molar-refractivity contribution in [3.05, 3.63) is 35.9 Å². The smallest absolute Gasteiger partial charge is 0.369 e. The Balaban J connectivity index is 1.88. The van der Waals surface area contributed by atoms with Crippen LogP contribution < -0.4 is 5.32 Å². The molecule has 1 heterocycles. The van der Waals surface area contributed by atoms with E-state index in [2.05, 4.69) is 10.3 Å². The highest BCUT2D eigenvalue weighted by Crippen LogP contribution is 2.36. The van der Waals surface area contributed by atoms with Crippen molar-refractivity contribution in [1.82, 2.24) is 5.32 Å². The van der Waals surface area contributed by atoms with Gasteiger partial charge in [-0.25, -0.2) is 0 Å². The van der Waals surface area contributed by atoms with Gasteiger partial charge in [0.1, 0.15) is 12.4 Å². The summed E-state index contributed by atoms with van der Waals surface area (Å²) in [6.07, 6.45) is -4.35. The van der Waals surface area contributed by atoms with Crippen molar-refractivity contribution in [2.24, 2.45) is 4.99 Å². The molecule has 0 bridgehead atoms. The van der Waals surface area contributed by atoms with Gasteiger partial charge in [0.05, 0.1) is 12.6 Å². The van der Waals surface area contributed by atoms with Crippen molar-refractivity contribution >= 4 is 5.84 Å². The fourth-order valence-corrected chi connectivity index (χ4v) is 2.02. The zero-order valence-corrected chi connectivity index (χ0v) is 11.4. The third-order valence-corrected chi connectivity index (χ3v) is 3.53. The van der Waals surface area contributed by atoms with Crippen molar-refractivity contribution in [1.29, 1.82) is 0 Å². The Hall–Kier alpha value is -1.56. The van der Waals surface area contributed by atoms with Gasteiger partial charge in [-0.3, -0.25) is 4.99 Å². The summed E-state index contributed by atoms with van der Waals surface area (Å²) in [5, 5.41) is 2.44. The van der Waals surface area contributed by atoms with Gasteiger partial charge in [0.2, 0.25) is 0 Å². The summed E-state index contributed by atoms with van der Waals surface area (Å²) < 4.78 is 44.3. The Morgan fingerprint density at radius 3 is 2.45 bits per heavy atom. The number of hydrogen-bond acceptors (Lipinski definition) is 3. The summed E-state index contributed by atoms with van der Waals surface area (Å²) in [4.78, 5) is 4.00. The second-order valence-electron chi connectivity index (χ2n) is 5.06. The SMILES string of the molecule is CC1N=C(COCc2ccccc2)NC1(C)C(F)(F)F. The average molecular weight is 286 g/mol. The summed E-state index contributed by atoms with van der Waals surface area (Å²) in [6.45, 7) is 2.96. The van der Waals surface area contributed by atoms with Crippen LogP contribution in [0.4, 0.5) is 13.2 Å². The fourth-order valence-electron chi connectivity index (χ4n) is 2.02. The second-order valence-corrected chi connectivity index (χ2v) is 5.06. The Morgan fingerprint density at radius 2 is 1.90 bits per heavy atom. The predicted molar refractivity (Wildman–Crippen MR) is 70.6 cm³/mol. The molecule has 0 saturated heterocycles. The molecule has 0 fully saturated rings. The van der Waals surface area contributed by atoms with E-state index in [1.54, 1.807) is 0 Å². The van der Waals surface area contributed by atoms with Gasteiger partial charge in [0.25, 0.3) is 0 Å². The number of alkyl halides is 3. The van der Waals surface area contributed by atoms with Crippen molar-refractivity contribution in [2.75, 3.05) is 6.61 Å². The van der Waals surface area contributed by atoms with E-state index in [1.807, 2.05) is 30.3 Å². The van der Waals surface area contributed by atoms with Crippen LogP contribution in [-0.4, -0.2) is 30.2 Å².